The van der Waals surface area contributed by atoms with Gasteiger partial charge < -0.3 is 10.1 Å². The number of hydrogen-bond acceptors (Lipinski definition) is 1. The van der Waals surface area contributed by atoms with Gasteiger partial charge in [-0.25, -0.2) is 9.18 Å². The summed E-state index contributed by atoms with van der Waals surface area (Å²) in [7, 11) is 0. The van der Waals surface area contributed by atoms with Gasteiger partial charge in [0.2, 0.25) is 0 Å². The lowest BCUT2D eigenvalue weighted by Gasteiger charge is -2.01. The molecule has 0 aliphatic rings. The minimum atomic E-state index is -0.997. The second-order valence-corrected chi connectivity index (χ2v) is 4.30. The van der Waals surface area contributed by atoms with Gasteiger partial charge in [-0.05, 0) is 35.4 Å². The first-order valence-electron chi connectivity index (χ1n) is 5.75. The maximum atomic E-state index is 13.2. The van der Waals surface area contributed by atoms with Crippen LogP contribution < -0.4 is 0 Å². The fraction of sp³-hybridized carbons (Fsp3) is 0. The lowest BCUT2D eigenvalue weighted by Crippen LogP contribution is -1.94. The zero-order valence-electron chi connectivity index (χ0n) is 9.85. The van der Waals surface area contributed by atoms with Crippen LogP contribution in [0, 0.1) is 5.82 Å². The summed E-state index contributed by atoms with van der Waals surface area (Å²) < 4.78 is 13.2. The highest BCUT2D eigenvalue weighted by Crippen LogP contribution is 2.25. The SMILES string of the molecule is O=C(O)c1cc2ccc(-c3cccc(F)c3)cc2[nH]1. The highest BCUT2D eigenvalue weighted by molar-refractivity contribution is 5.95. The molecule has 19 heavy (non-hydrogen) atoms. The van der Waals surface area contributed by atoms with E-state index in [4.69, 9.17) is 5.11 Å². The number of benzene rings is 2. The van der Waals surface area contributed by atoms with Crippen molar-refractivity contribution >= 4 is 16.9 Å². The van der Waals surface area contributed by atoms with E-state index in [0.717, 1.165) is 22.0 Å². The second kappa shape index (κ2) is 4.24. The highest BCUT2D eigenvalue weighted by Gasteiger charge is 2.08. The van der Waals surface area contributed by atoms with Crippen LogP contribution in [0.4, 0.5) is 4.39 Å². The third-order valence-corrected chi connectivity index (χ3v) is 3.01. The van der Waals surface area contributed by atoms with Gasteiger partial charge in [0, 0.05) is 10.9 Å². The smallest absolute Gasteiger partial charge is 0.352 e. The Morgan fingerprint density at radius 2 is 1.84 bits per heavy atom. The molecule has 94 valence electrons. The van der Waals surface area contributed by atoms with Crippen LogP contribution in [0.15, 0.2) is 48.5 Å². The molecule has 1 aromatic heterocycles. The Hall–Kier alpha value is -2.62. The average molecular weight is 255 g/mol. The maximum absolute atomic E-state index is 13.2. The van der Waals surface area contributed by atoms with Crippen molar-refractivity contribution in [2.24, 2.45) is 0 Å². The van der Waals surface area contributed by atoms with Crippen LogP contribution in [0.25, 0.3) is 22.0 Å². The summed E-state index contributed by atoms with van der Waals surface area (Å²) in [6.45, 7) is 0. The van der Waals surface area contributed by atoms with Gasteiger partial charge in [-0.1, -0.05) is 24.3 Å². The molecule has 3 rings (SSSR count). The number of aromatic carboxylic acids is 1. The van der Waals surface area contributed by atoms with Gasteiger partial charge in [0.15, 0.2) is 0 Å². The van der Waals surface area contributed by atoms with Gasteiger partial charge in [-0.3, -0.25) is 0 Å². The Balaban J connectivity index is 2.13. The first-order valence-corrected chi connectivity index (χ1v) is 5.75. The van der Waals surface area contributed by atoms with E-state index in [2.05, 4.69) is 4.98 Å². The molecule has 0 unspecified atom stereocenters. The topological polar surface area (TPSA) is 53.1 Å². The number of H-pyrrole nitrogens is 1. The molecule has 0 atom stereocenters. The number of rotatable bonds is 2. The zero-order chi connectivity index (χ0) is 13.4. The Morgan fingerprint density at radius 3 is 2.58 bits per heavy atom. The normalized spacial score (nSPS) is 10.8. The fourth-order valence-corrected chi connectivity index (χ4v) is 2.09. The molecule has 3 nitrogen and oxygen atoms in total. The molecular weight excluding hydrogens is 245 g/mol. The van der Waals surface area contributed by atoms with E-state index in [1.54, 1.807) is 12.1 Å². The van der Waals surface area contributed by atoms with Gasteiger partial charge in [0.1, 0.15) is 11.5 Å². The van der Waals surface area contributed by atoms with Crippen LogP contribution in [0.2, 0.25) is 0 Å². The number of nitrogens with one attached hydrogen (secondary N) is 1. The number of carbonyl (C=O) groups is 1. The van der Waals surface area contributed by atoms with Crippen LogP contribution in [-0.4, -0.2) is 16.1 Å². The molecule has 0 bridgehead atoms. The van der Waals surface area contributed by atoms with Gasteiger partial charge in [-0.2, -0.15) is 0 Å². The van der Waals surface area contributed by atoms with Crippen molar-refractivity contribution in [3.63, 3.8) is 0 Å². The van der Waals surface area contributed by atoms with Crippen LogP contribution in [-0.2, 0) is 0 Å². The molecule has 2 aromatic carbocycles. The molecule has 0 aliphatic heterocycles. The molecule has 0 amide bonds. The molecule has 0 spiro atoms. The zero-order valence-corrected chi connectivity index (χ0v) is 9.85. The van der Waals surface area contributed by atoms with E-state index in [1.165, 1.54) is 12.1 Å². The van der Waals surface area contributed by atoms with Crippen LogP contribution in [0.5, 0.6) is 0 Å². The van der Waals surface area contributed by atoms with E-state index < -0.39 is 5.97 Å². The molecular formula is C15H10FNO2. The van der Waals surface area contributed by atoms with Crippen LogP contribution in [0.3, 0.4) is 0 Å². The summed E-state index contributed by atoms with van der Waals surface area (Å²) in [6, 6.07) is 13.3. The van der Waals surface area contributed by atoms with E-state index in [1.807, 2.05) is 24.3 Å². The average Bonchev–Trinajstić information content (AvgIpc) is 2.81. The predicted octanol–water partition coefficient (Wildman–Crippen LogP) is 3.67. The first-order chi connectivity index (χ1) is 9.13. The summed E-state index contributed by atoms with van der Waals surface area (Å²) in [5.41, 5.74) is 2.46. The summed E-state index contributed by atoms with van der Waals surface area (Å²) >= 11 is 0. The van der Waals surface area contributed by atoms with E-state index in [0.29, 0.717) is 0 Å². The van der Waals surface area contributed by atoms with Crippen molar-refractivity contribution in [2.45, 2.75) is 0 Å². The molecule has 0 saturated carbocycles. The van der Waals surface area contributed by atoms with Crippen molar-refractivity contribution in [1.82, 2.24) is 4.98 Å². The molecule has 0 aliphatic carbocycles. The monoisotopic (exact) mass is 255 g/mol. The third-order valence-electron chi connectivity index (χ3n) is 3.01. The van der Waals surface area contributed by atoms with Crippen molar-refractivity contribution in [3.05, 3.63) is 60.0 Å². The summed E-state index contributed by atoms with van der Waals surface area (Å²) in [6.07, 6.45) is 0. The van der Waals surface area contributed by atoms with E-state index in [9.17, 15) is 9.18 Å². The summed E-state index contributed by atoms with van der Waals surface area (Å²) in [4.78, 5) is 13.7. The highest BCUT2D eigenvalue weighted by atomic mass is 19.1. The van der Waals surface area contributed by atoms with Crippen molar-refractivity contribution in [2.75, 3.05) is 0 Å². The van der Waals surface area contributed by atoms with Crippen molar-refractivity contribution in [3.8, 4) is 11.1 Å². The van der Waals surface area contributed by atoms with Crippen molar-refractivity contribution < 1.29 is 14.3 Å². The number of hydrogen-bond donors (Lipinski definition) is 2. The Bertz CT molecular complexity index is 777. The number of halogens is 1. The number of carboxylic acid groups (broad SMARTS) is 1. The van der Waals surface area contributed by atoms with Gasteiger partial charge in [0.05, 0.1) is 0 Å². The fourth-order valence-electron chi connectivity index (χ4n) is 2.09. The molecule has 3 aromatic rings. The molecule has 1 heterocycles. The van der Waals surface area contributed by atoms with Crippen LogP contribution >= 0.6 is 0 Å². The third kappa shape index (κ3) is 2.08. The van der Waals surface area contributed by atoms with Crippen molar-refractivity contribution in [1.29, 1.82) is 0 Å². The molecule has 2 N–H and O–H groups in total. The molecule has 0 radical (unpaired) electrons. The Labute approximate surface area is 108 Å². The standard InChI is InChI=1S/C15H10FNO2/c16-12-3-1-2-9(6-12)10-4-5-11-8-14(15(18)19)17-13(11)7-10/h1-8,17H,(H,18,19). The number of aromatic nitrogens is 1. The lowest BCUT2D eigenvalue weighted by atomic mass is 10.0. The molecule has 0 fully saturated rings. The second-order valence-electron chi connectivity index (χ2n) is 4.30. The Kier molecular flexibility index (Phi) is 2.56. The minimum Gasteiger partial charge on any atom is -0.477 e. The first kappa shape index (κ1) is 11.5. The van der Waals surface area contributed by atoms with Gasteiger partial charge >= 0.3 is 5.97 Å². The van der Waals surface area contributed by atoms with E-state index in [-0.39, 0.29) is 11.5 Å². The lowest BCUT2D eigenvalue weighted by molar-refractivity contribution is 0.0691. The molecule has 0 saturated heterocycles. The molecule has 4 heteroatoms. The minimum absolute atomic E-state index is 0.145. The number of aromatic amines is 1. The largest absolute Gasteiger partial charge is 0.477 e. The predicted molar refractivity (Wildman–Crippen MR) is 70.7 cm³/mol. The summed E-state index contributed by atoms with van der Waals surface area (Å²) in [5, 5.41) is 9.74. The maximum Gasteiger partial charge on any atom is 0.352 e. The van der Waals surface area contributed by atoms with Gasteiger partial charge in [-0.15, -0.1) is 0 Å². The van der Waals surface area contributed by atoms with Crippen LogP contribution in [0.1, 0.15) is 10.5 Å². The number of carboxylic acids is 1. The number of fused-ring (bicyclic) bond motifs is 1. The van der Waals surface area contributed by atoms with Gasteiger partial charge in [0.25, 0.3) is 0 Å². The quantitative estimate of drug-likeness (QED) is 0.734. The Morgan fingerprint density at radius 1 is 1.05 bits per heavy atom. The summed E-state index contributed by atoms with van der Waals surface area (Å²) in [5.74, 6) is -1.29. The van der Waals surface area contributed by atoms with E-state index >= 15 is 0 Å².